The van der Waals surface area contributed by atoms with E-state index < -0.39 is 0 Å². The molecule has 2 aromatic heterocycles. The standard InChI is InChI=1S/C9H11N3O2/c1-3-14-8(13)7-6-12-5-4-10-9(12)11(7)2/h4-6H,3H2,1-2H3. The lowest BCUT2D eigenvalue weighted by molar-refractivity contribution is 0.0515. The lowest BCUT2D eigenvalue weighted by Crippen LogP contribution is -2.09. The molecule has 0 atom stereocenters. The van der Waals surface area contributed by atoms with Crippen molar-refractivity contribution in [1.82, 2.24) is 14.0 Å². The Kier molecular flexibility index (Phi) is 1.99. The number of hydrogen-bond acceptors (Lipinski definition) is 3. The summed E-state index contributed by atoms with van der Waals surface area (Å²) in [6, 6.07) is 0. The van der Waals surface area contributed by atoms with Gasteiger partial charge in [0.2, 0.25) is 5.78 Å². The number of carbonyl (C=O) groups excluding carboxylic acids is 1. The summed E-state index contributed by atoms with van der Waals surface area (Å²) in [6.45, 7) is 2.16. The first-order valence-corrected chi connectivity index (χ1v) is 4.39. The number of esters is 1. The van der Waals surface area contributed by atoms with Gasteiger partial charge in [-0.2, -0.15) is 0 Å². The quantitative estimate of drug-likeness (QED) is 0.664. The molecular formula is C9H11N3O2. The monoisotopic (exact) mass is 193 g/mol. The van der Waals surface area contributed by atoms with E-state index in [9.17, 15) is 4.79 Å². The van der Waals surface area contributed by atoms with Gasteiger partial charge in [-0.05, 0) is 6.92 Å². The van der Waals surface area contributed by atoms with Crippen molar-refractivity contribution in [3.63, 3.8) is 0 Å². The van der Waals surface area contributed by atoms with E-state index in [0.29, 0.717) is 12.3 Å². The molecule has 0 aliphatic carbocycles. The second-order valence-electron chi connectivity index (χ2n) is 2.93. The maximum atomic E-state index is 11.4. The van der Waals surface area contributed by atoms with Crippen molar-refractivity contribution in [2.75, 3.05) is 6.61 Å². The Bertz CT molecular complexity index is 469. The van der Waals surface area contributed by atoms with E-state index in [4.69, 9.17) is 4.74 Å². The number of aryl methyl sites for hydroxylation is 1. The topological polar surface area (TPSA) is 48.5 Å². The molecule has 0 radical (unpaired) electrons. The second kappa shape index (κ2) is 3.17. The molecule has 14 heavy (non-hydrogen) atoms. The summed E-state index contributed by atoms with van der Waals surface area (Å²) in [5.41, 5.74) is 0.509. The van der Waals surface area contributed by atoms with E-state index in [1.165, 1.54) is 0 Å². The first-order valence-electron chi connectivity index (χ1n) is 4.39. The molecule has 0 N–H and O–H groups in total. The summed E-state index contributed by atoms with van der Waals surface area (Å²) < 4.78 is 8.40. The highest BCUT2D eigenvalue weighted by atomic mass is 16.5. The molecule has 2 heterocycles. The molecule has 2 aromatic rings. The minimum absolute atomic E-state index is 0.319. The van der Waals surface area contributed by atoms with Crippen LogP contribution in [0.15, 0.2) is 18.6 Å². The normalized spacial score (nSPS) is 10.7. The molecule has 0 saturated heterocycles. The Hall–Kier alpha value is -1.78. The zero-order valence-electron chi connectivity index (χ0n) is 8.10. The lowest BCUT2D eigenvalue weighted by Gasteiger charge is -2.00. The zero-order valence-corrected chi connectivity index (χ0v) is 8.10. The van der Waals surface area contributed by atoms with Gasteiger partial charge in [-0.3, -0.25) is 4.40 Å². The average Bonchev–Trinajstić information content (AvgIpc) is 2.69. The fraction of sp³-hybridized carbons (Fsp3) is 0.333. The van der Waals surface area contributed by atoms with E-state index in [1.54, 1.807) is 41.5 Å². The second-order valence-corrected chi connectivity index (χ2v) is 2.93. The third-order valence-electron chi connectivity index (χ3n) is 2.06. The Balaban J connectivity index is 2.47. The largest absolute Gasteiger partial charge is 0.461 e. The van der Waals surface area contributed by atoms with E-state index in [0.717, 1.165) is 5.78 Å². The van der Waals surface area contributed by atoms with Gasteiger partial charge in [-0.15, -0.1) is 0 Å². The predicted molar refractivity (Wildman–Crippen MR) is 50.1 cm³/mol. The smallest absolute Gasteiger partial charge is 0.356 e. The Morgan fingerprint density at radius 2 is 2.43 bits per heavy atom. The van der Waals surface area contributed by atoms with Gasteiger partial charge in [0.25, 0.3) is 0 Å². The molecule has 0 saturated carbocycles. The van der Waals surface area contributed by atoms with E-state index in [1.807, 2.05) is 0 Å². The van der Waals surface area contributed by atoms with E-state index in [-0.39, 0.29) is 5.97 Å². The van der Waals surface area contributed by atoms with Crippen LogP contribution in [0.4, 0.5) is 0 Å². The van der Waals surface area contributed by atoms with Crippen molar-refractivity contribution in [3.8, 4) is 0 Å². The van der Waals surface area contributed by atoms with Gasteiger partial charge in [0.05, 0.1) is 6.61 Å². The first-order chi connectivity index (χ1) is 6.74. The van der Waals surface area contributed by atoms with Crippen LogP contribution < -0.4 is 0 Å². The molecule has 0 bridgehead atoms. The van der Waals surface area contributed by atoms with Crippen molar-refractivity contribution >= 4 is 11.7 Å². The van der Waals surface area contributed by atoms with Gasteiger partial charge in [0.1, 0.15) is 5.69 Å². The molecule has 74 valence electrons. The molecule has 5 heteroatoms. The number of carbonyl (C=O) groups is 1. The van der Waals surface area contributed by atoms with Crippen LogP contribution in [0.25, 0.3) is 5.78 Å². The Labute approximate surface area is 80.9 Å². The lowest BCUT2D eigenvalue weighted by atomic mass is 10.5. The first kappa shape index (κ1) is 8.80. The summed E-state index contributed by atoms with van der Waals surface area (Å²) in [5, 5.41) is 0. The van der Waals surface area contributed by atoms with Crippen molar-refractivity contribution < 1.29 is 9.53 Å². The molecule has 0 unspecified atom stereocenters. The van der Waals surface area contributed by atoms with Gasteiger partial charge in [-0.25, -0.2) is 9.78 Å². The molecule has 0 aliphatic rings. The molecule has 0 spiro atoms. The molecule has 2 rings (SSSR count). The molecule has 5 nitrogen and oxygen atoms in total. The van der Waals surface area contributed by atoms with Gasteiger partial charge >= 0.3 is 5.97 Å². The van der Waals surface area contributed by atoms with Crippen LogP contribution >= 0.6 is 0 Å². The third-order valence-corrected chi connectivity index (χ3v) is 2.06. The molecular weight excluding hydrogens is 182 g/mol. The maximum absolute atomic E-state index is 11.4. The number of ether oxygens (including phenoxy) is 1. The fourth-order valence-corrected chi connectivity index (χ4v) is 1.39. The number of rotatable bonds is 2. The summed E-state index contributed by atoms with van der Waals surface area (Å²) in [4.78, 5) is 15.5. The Morgan fingerprint density at radius 1 is 1.64 bits per heavy atom. The van der Waals surface area contributed by atoms with Crippen LogP contribution in [0.1, 0.15) is 17.4 Å². The van der Waals surface area contributed by atoms with Crippen molar-refractivity contribution in [2.24, 2.45) is 7.05 Å². The summed E-state index contributed by atoms with van der Waals surface area (Å²) in [5.74, 6) is 0.411. The van der Waals surface area contributed by atoms with Gasteiger partial charge in [0.15, 0.2) is 0 Å². The zero-order chi connectivity index (χ0) is 10.1. The van der Waals surface area contributed by atoms with Crippen LogP contribution in [-0.2, 0) is 11.8 Å². The third kappa shape index (κ3) is 1.17. The van der Waals surface area contributed by atoms with Crippen LogP contribution in [-0.4, -0.2) is 26.5 Å². The fourth-order valence-electron chi connectivity index (χ4n) is 1.39. The van der Waals surface area contributed by atoms with Gasteiger partial charge < -0.3 is 9.30 Å². The maximum Gasteiger partial charge on any atom is 0.356 e. The number of nitrogens with zero attached hydrogens (tertiary/aromatic N) is 3. The Morgan fingerprint density at radius 3 is 3.07 bits per heavy atom. The summed E-state index contributed by atoms with van der Waals surface area (Å²) in [6.07, 6.45) is 5.18. The van der Waals surface area contributed by atoms with Crippen molar-refractivity contribution in [3.05, 3.63) is 24.3 Å². The van der Waals surface area contributed by atoms with E-state index >= 15 is 0 Å². The average molecular weight is 193 g/mol. The van der Waals surface area contributed by atoms with E-state index in [2.05, 4.69) is 4.98 Å². The highest BCUT2D eigenvalue weighted by Crippen LogP contribution is 2.08. The van der Waals surface area contributed by atoms with Crippen LogP contribution in [0.2, 0.25) is 0 Å². The van der Waals surface area contributed by atoms with Crippen LogP contribution in [0.5, 0.6) is 0 Å². The number of aromatic nitrogens is 3. The summed E-state index contributed by atoms with van der Waals surface area (Å²) in [7, 11) is 1.79. The minimum Gasteiger partial charge on any atom is -0.461 e. The molecule has 0 aliphatic heterocycles. The number of fused-ring (bicyclic) bond motifs is 1. The van der Waals surface area contributed by atoms with Crippen molar-refractivity contribution in [2.45, 2.75) is 6.92 Å². The summed E-state index contributed by atoms with van der Waals surface area (Å²) >= 11 is 0. The van der Waals surface area contributed by atoms with Gasteiger partial charge in [-0.1, -0.05) is 0 Å². The number of hydrogen-bond donors (Lipinski definition) is 0. The van der Waals surface area contributed by atoms with Gasteiger partial charge in [0, 0.05) is 25.6 Å². The van der Waals surface area contributed by atoms with Crippen LogP contribution in [0, 0.1) is 0 Å². The minimum atomic E-state index is -0.319. The highest BCUT2D eigenvalue weighted by Gasteiger charge is 2.14. The van der Waals surface area contributed by atoms with Crippen LogP contribution in [0.3, 0.4) is 0 Å². The predicted octanol–water partition coefficient (Wildman–Crippen LogP) is 0.849. The number of imidazole rings is 2. The highest BCUT2D eigenvalue weighted by molar-refractivity contribution is 5.88. The van der Waals surface area contributed by atoms with Crippen molar-refractivity contribution in [1.29, 1.82) is 0 Å². The molecule has 0 fully saturated rings. The molecule has 0 amide bonds. The molecule has 0 aromatic carbocycles. The SMILES string of the molecule is CCOC(=O)c1cn2ccnc2n1C.